The third-order valence-electron chi connectivity index (χ3n) is 3.28. The zero-order valence-corrected chi connectivity index (χ0v) is 11.3. The van der Waals surface area contributed by atoms with Gasteiger partial charge in [-0.2, -0.15) is 0 Å². The molecule has 0 fully saturated rings. The minimum Gasteiger partial charge on any atom is -0.496 e. The van der Waals surface area contributed by atoms with E-state index in [2.05, 4.69) is 0 Å². The standard InChI is InChI=1S/C14H19NO3/c1-5-9-8(3)10(6-2)13(18-4)12(14(15)17)11(9)7-16/h7H,5-6H2,1-4H3,(H2,15,17). The molecule has 2 N–H and O–H groups in total. The van der Waals surface area contributed by atoms with Crippen LogP contribution in [0.15, 0.2) is 0 Å². The largest absolute Gasteiger partial charge is 0.496 e. The van der Waals surface area contributed by atoms with E-state index in [9.17, 15) is 9.59 Å². The molecule has 18 heavy (non-hydrogen) atoms. The van der Waals surface area contributed by atoms with Crippen molar-refractivity contribution in [2.45, 2.75) is 33.6 Å². The van der Waals surface area contributed by atoms with Crippen molar-refractivity contribution < 1.29 is 14.3 Å². The van der Waals surface area contributed by atoms with E-state index < -0.39 is 5.91 Å². The smallest absolute Gasteiger partial charge is 0.253 e. The second kappa shape index (κ2) is 5.67. The highest BCUT2D eigenvalue weighted by atomic mass is 16.5. The zero-order valence-electron chi connectivity index (χ0n) is 11.3. The maximum absolute atomic E-state index is 11.6. The second-order valence-electron chi connectivity index (χ2n) is 4.09. The zero-order chi connectivity index (χ0) is 13.9. The first-order valence-electron chi connectivity index (χ1n) is 6.00. The van der Waals surface area contributed by atoms with Gasteiger partial charge in [-0.05, 0) is 36.5 Å². The van der Waals surface area contributed by atoms with E-state index in [1.807, 2.05) is 20.8 Å². The summed E-state index contributed by atoms with van der Waals surface area (Å²) in [6.07, 6.45) is 2.09. The summed E-state index contributed by atoms with van der Waals surface area (Å²) < 4.78 is 5.29. The molecule has 1 amide bonds. The van der Waals surface area contributed by atoms with Crippen LogP contribution in [0.25, 0.3) is 0 Å². The van der Waals surface area contributed by atoms with Crippen LogP contribution in [0.2, 0.25) is 0 Å². The molecule has 4 nitrogen and oxygen atoms in total. The molecule has 0 aromatic heterocycles. The highest BCUT2D eigenvalue weighted by Crippen LogP contribution is 2.33. The van der Waals surface area contributed by atoms with Crippen molar-refractivity contribution in [1.29, 1.82) is 0 Å². The van der Waals surface area contributed by atoms with Crippen LogP contribution in [-0.2, 0) is 12.8 Å². The fraction of sp³-hybridized carbons (Fsp3) is 0.429. The number of carbonyl (C=O) groups is 2. The number of carbonyl (C=O) groups excluding carboxylic acids is 2. The average Bonchev–Trinajstić information content (AvgIpc) is 2.36. The van der Waals surface area contributed by atoms with Gasteiger partial charge < -0.3 is 10.5 Å². The predicted molar refractivity (Wildman–Crippen MR) is 70.4 cm³/mol. The van der Waals surface area contributed by atoms with E-state index in [1.54, 1.807) is 0 Å². The third kappa shape index (κ3) is 2.10. The molecule has 0 radical (unpaired) electrons. The number of nitrogens with two attached hydrogens (primary N) is 1. The lowest BCUT2D eigenvalue weighted by atomic mass is 9.89. The summed E-state index contributed by atoms with van der Waals surface area (Å²) in [5, 5.41) is 0. The molecule has 0 saturated heterocycles. The first-order valence-corrected chi connectivity index (χ1v) is 6.00. The van der Waals surface area contributed by atoms with E-state index in [1.165, 1.54) is 7.11 Å². The van der Waals surface area contributed by atoms with Crippen molar-refractivity contribution in [2.75, 3.05) is 7.11 Å². The maximum atomic E-state index is 11.6. The Labute approximate surface area is 107 Å². The van der Waals surface area contributed by atoms with Crippen LogP contribution in [0.1, 0.15) is 51.3 Å². The van der Waals surface area contributed by atoms with Gasteiger partial charge in [0.25, 0.3) is 5.91 Å². The number of methoxy groups -OCH3 is 1. The van der Waals surface area contributed by atoms with Gasteiger partial charge in [0.1, 0.15) is 5.75 Å². The Kier molecular flexibility index (Phi) is 4.48. The number of benzene rings is 1. The molecule has 0 aliphatic heterocycles. The highest BCUT2D eigenvalue weighted by Gasteiger charge is 2.23. The normalized spacial score (nSPS) is 10.2. The first-order chi connectivity index (χ1) is 8.53. The molecule has 0 atom stereocenters. The van der Waals surface area contributed by atoms with Gasteiger partial charge in [0.2, 0.25) is 0 Å². The van der Waals surface area contributed by atoms with E-state index >= 15 is 0 Å². The molecule has 1 rings (SSSR count). The number of rotatable bonds is 5. The molecular formula is C14H19NO3. The number of aldehydes is 1. The lowest BCUT2D eigenvalue weighted by Crippen LogP contribution is -2.19. The maximum Gasteiger partial charge on any atom is 0.253 e. The van der Waals surface area contributed by atoms with Crippen molar-refractivity contribution in [2.24, 2.45) is 5.73 Å². The van der Waals surface area contributed by atoms with Crippen molar-refractivity contribution >= 4 is 12.2 Å². The van der Waals surface area contributed by atoms with Gasteiger partial charge in [-0.1, -0.05) is 13.8 Å². The van der Waals surface area contributed by atoms with Gasteiger partial charge >= 0.3 is 0 Å². The SMILES string of the molecule is CCc1c(C)c(CC)c(OC)c(C(N)=O)c1C=O. The Hall–Kier alpha value is -1.84. The monoisotopic (exact) mass is 249 g/mol. The van der Waals surface area contributed by atoms with Gasteiger partial charge in [0.05, 0.1) is 12.7 Å². The molecule has 4 heteroatoms. The van der Waals surface area contributed by atoms with Crippen LogP contribution in [0.5, 0.6) is 5.75 Å². The summed E-state index contributed by atoms with van der Waals surface area (Å²) >= 11 is 0. The Bertz CT molecular complexity index is 493. The van der Waals surface area contributed by atoms with E-state index in [4.69, 9.17) is 10.5 Å². The fourth-order valence-corrected chi connectivity index (χ4v) is 2.46. The van der Waals surface area contributed by atoms with Crippen molar-refractivity contribution in [3.05, 3.63) is 27.8 Å². The fourth-order valence-electron chi connectivity index (χ4n) is 2.46. The molecule has 0 unspecified atom stereocenters. The lowest BCUT2D eigenvalue weighted by Gasteiger charge is -2.19. The summed E-state index contributed by atoms with van der Waals surface area (Å²) in [4.78, 5) is 22.9. The summed E-state index contributed by atoms with van der Waals surface area (Å²) in [5.41, 5.74) is 8.76. The van der Waals surface area contributed by atoms with E-state index in [0.717, 1.165) is 23.1 Å². The van der Waals surface area contributed by atoms with Crippen molar-refractivity contribution in [1.82, 2.24) is 0 Å². The van der Waals surface area contributed by atoms with Crippen LogP contribution in [0, 0.1) is 6.92 Å². The Balaban J connectivity index is 3.86. The van der Waals surface area contributed by atoms with Crippen LogP contribution < -0.4 is 10.5 Å². The van der Waals surface area contributed by atoms with Crippen LogP contribution in [0.4, 0.5) is 0 Å². The van der Waals surface area contributed by atoms with Crippen LogP contribution in [-0.4, -0.2) is 19.3 Å². The number of hydrogen-bond acceptors (Lipinski definition) is 3. The number of primary amides is 1. The highest BCUT2D eigenvalue weighted by molar-refractivity contribution is 6.04. The molecule has 98 valence electrons. The number of hydrogen-bond donors (Lipinski definition) is 1. The summed E-state index contributed by atoms with van der Waals surface area (Å²) in [6, 6.07) is 0. The van der Waals surface area contributed by atoms with Crippen molar-refractivity contribution in [3.63, 3.8) is 0 Å². The first kappa shape index (κ1) is 14.2. The van der Waals surface area contributed by atoms with Gasteiger partial charge in [-0.3, -0.25) is 9.59 Å². The van der Waals surface area contributed by atoms with Crippen LogP contribution >= 0.6 is 0 Å². The molecule has 0 aliphatic carbocycles. The number of amides is 1. The Morgan fingerprint density at radius 2 is 1.83 bits per heavy atom. The molecule has 1 aromatic rings. The molecule has 0 saturated carbocycles. The molecular weight excluding hydrogens is 230 g/mol. The summed E-state index contributed by atoms with van der Waals surface area (Å²) in [7, 11) is 1.49. The second-order valence-corrected chi connectivity index (χ2v) is 4.09. The third-order valence-corrected chi connectivity index (χ3v) is 3.28. The molecule has 0 heterocycles. The number of ether oxygens (including phenoxy) is 1. The minimum atomic E-state index is -0.627. The molecule has 0 aliphatic rings. The summed E-state index contributed by atoms with van der Waals surface area (Å²) in [6.45, 7) is 5.87. The molecule has 0 spiro atoms. The van der Waals surface area contributed by atoms with Gasteiger partial charge in [-0.25, -0.2) is 0 Å². The van der Waals surface area contributed by atoms with E-state index in [-0.39, 0.29) is 5.56 Å². The van der Waals surface area contributed by atoms with Crippen molar-refractivity contribution in [3.8, 4) is 5.75 Å². The van der Waals surface area contributed by atoms with E-state index in [0.29, 0.717) is 24.0 Å². The van der Waals surface area contributed by atoms with Gasteiger partial charge in [0, 0.05) is 5.56 Å². The quantitative estimate of drug-likeness (QED) is 0.812. The summed E-state index contributed by atoms with van der Waals surface area (Å²) in [5.74, 6) is -0.194. The van der Waals surface area contributed by atoms with Crippen LogP contribution in [0.3, 0.4) is 0 Å². The predicted octanol–water partition coefficient (Wildman–Crippen LogP) is 2.04. The topological polar surface area (TPSA) is 69.4 Å². The Morgan fingerprint density at radius 1 is 1.28 bits per heavy atom. The Morgan fingerprint density at radius 3 is 2.17 bits per heavy atom. The lowest BCUT2D eigenvalue weighted by molar-refractivity contribution is 0.0989. The van der Waals surface area contributed by atoms with Gasteiger partial charge in [0.15, 0.2) is 6.29 Å². The molecule has 0 bridgehead atoms. The molecule has 1 aromatic carbocycles. The minimum absolute atomic E-state index is 0.201. The van der Waals surface area contributed by atoms with Gasteiger partial charge in [-0.15, -0.1) is 0 Å². The average molecular weight is 249 g/mol.